The lowest BCUT2D eigenvalue weighted by atomic mass is 10.1. The van der Waals surface area contributed by atoms with Crippen LogP contribution in [0.3, 0.4) is 0 Å². The van der Waals surface area contributed by atoms with Crippen molar-refractivity contribution in [1.29, 1.82) is 0 Å². The molecule has 2 rings (SSSR count). The zero-order valence-corrected chi connectivity index (χ0v) is 8.79. The van der Waals surface area contributed by atoms with E-state index in [0.29, 0.717) is 6.54 Å². The molecule has 0 aliphatic rings. The van der Waals surface area contributed by atoms with Gasteiger partial charge in [-0.3, -0.25) is 4.57 Å². The first kappa shape index (κ1) is 9.98. The van der Waals surface area contributed by atoms with Crippen LogP contribution in [0.15, 0.2) is 23.0 Å². The Bertz CT molecular complexity index is 524. The van der Waals surface area contributed by atoms with Gasteiger partial charge in [0.05, 0.1) is 11.0 Å². The van der Waals surface area contributed by atoms with Crippen LogP contribution in [0.5, 0.6) is 0 Å². The van der Waals surface area contributed by atoms with Gasteiger partial charge in [-0.15, -0.1) is 0 Å². The fourth-order valence-electron chi connectivity index (χ4n) is 1.73. The molecule has 0 bridgehead atoms. The number of nitrogens with zero attached hydrogens (tertiary/aromatic N) is 1. The van der Waals surface area contributed by atoms with Gasteiger partial charge in [-0.2, -0.15) is 0 Å². The van der Waals surface area contributed by atoms with Gasteiger partial charge in [-0.1, -0.05) is 6.07 Å². The average molecular weight is 205 g/mol. The van der Waals surface area contributed by atoms with E-state index in [4.69, 9.17) is 5.73 Å². The van der Waals surface area contributed by atoms with Crippen molar-refractivity contribution < 1.29 is 0 Å². The molecule has 0 aliphatic heterocycles. The molecule has 0 saturated heterocycles. The Kier molecular flexibility index (Phi) is 2.60. The van der Waals surface area contributed by atoms with E-state index in [1.165, 1.54) is 5.56 Å². The third kappa shape index (κ3) is 1.80. The number of benzene rings is 1. The molecule has 0 amide bonds. The largest absolute Gasteiger partial charge is 0.330 e. The van der Waals surface area contributed by atoms with E-state index in [1.54, 1.807) is 11.6 Å². The highest BCUT2D eigenvalue weighted by molar-refractivity contribution is 5.75. The van der Waals surface area contributed by atoms with Crippen LogP contribution < -0.4 is 11.4 Å². The highest BCUT2D eigenvalue weighted by atomic mass is 16.1. The summed E-state index contributed by atoms with van der Waals surface area (Å²) in [5, 5.41) is 0. The number of hydrogen-bond acceptors (Lipinski definition) is 2. The van der Waals surface area contributed by atoms with Crippen LogP contribution in [-0.4, -0.2) is 16.1 Å². The van der Waals surface area contributed by atoms with Gasteiger partial charge in [0.2, 0.25) is 0 Å². The molecule has 1 aromatic heterocycles. The molecule has 0 unspecified atom stereocenters. The molecule has 0 radical (unpaired) electrons. The quantitative estimate of drug-likeness (QED) is 0.777. The number of nitrogens with two attached hydrogens (primary N) is 1. The van der Waals surface area contributed by atoms with E-state index in [0.717, 1.165) is 23.9 Å². The minimum atomic E-state index is -0.0685. The molecule has 80 valence electrons. The Balaban J connectivity index is 2.45. The predicted octanol–water partition coefficient (Wildman–Crippen LogP) is 0.758. The Morgan fingerprint density at radius 1 is 1.47 bits per heavy atom. The summed E-state index contributed by atoms with van der Waals surface area (Å²) in [7, 11) is 1.77. The number of H-pyrrole nitrogens is 1. The zero-order valence-electron chi connectivity index (χ0n) is 8.79. The van der Waals surface area contributed by atoms with E-state index in [1.807, 2.05) is 18.2 Å². The third-order valence-electron chi connectivity index (χ3n) is 2.64. The SMILES string of the molecule is Cn1c(=O)[nH]c2ccc(CCCN)cc21. The van der Waals surface area contributed by atoms with Crippen molar-refractivity contribution in [3.63, 3.8) is 0 Å². The Morgan fingerprint density at radius 3 is 3.00 bits per heavy atom. The van der Waals surface area contributed by atoms with Crippen molar-refractivity contribution in [2.24, 2.45) is 12.8 Å². The lowest BCUT2D eigenvalue weighted by Crippen LogP contribution is -2.11. The third-order valence-corrected chi connectivity index (χ3v) is 2.64. The highest BCUT2D eigenvalue weighted by Crippen LogP contribution is 2.13. The van der Waals surface area contributed by atoms with Gasteiger partial charge in [0.1, 0.15) is 0 Å². The van der Waals surface area contributed by atoms with Crippen molar-refractivity contribution in [2.75, 3.05) is 6.54 Å². The molecule has 0 atom stereocenters. The van der Waals surface area contributed by atoms with Crippen LogP contribution in [0, 0.1) is 0 Å². The molecule has 0 spiro atoms. The van der Waals surface area contributed by atoms with Gasteiger partial charge >= 0.3 is 5.69 Å². The highest BCUT2D eigenvalue weighted by Gasteiger charge is 2.03. The topological polar surface area (TPSA) is 63.8 Å². The van der Waals surface area contributed by atoms with Crippen LogP contribution in [0.2, 0.25) is 0 Å². The van der Waals surface area contributed by atoms with Crippen LogP contribution in [0.4, 0.5) is 0 Å². The lowest BCUT2D eigenvalue weighted by Gasteiger charge is -2.00. The molecule has 0 saturated carbocycles. The van der Waals surface area contributed by atoms with E-state index in [-0.39, 0.29) is 5.69 Å². The zero-order chi connectivity index (χ0) is 10.8. The molecule has 1 heterocycles. The first-order valence-electron chi connectivity index (χ1n) is 5.10. The van der Waals surface area contributed by atoms with E-state index in [2.05, 4.69) is 4.98 Å². The molecule has 4 nitrogen and oxygen atoms in total. The van der Waals surface area contributed by atoms with Crippen LogP contribution >= 0.6 is 0 Å². The molecule has 3 N–H and O–H groups in total. The summed E-state index contributed by atoms with van der Waals surface area (Å²) in [4.78, 5) is 14.1. The lowest BCUT2D eigenvalue weighted by molar-refractivity contribution is 0.832. The van der Waals surface area contributed by atoms with Crippen molar-refractivity contribution in [2.45, 2.75) is 12.8 Å². The molecule has 15 heavy (non-hydrogen) atoms. The molecule has 0 fully saturated rings. The first-order chi connectivity index (χ1) is 7.22. The summed E-state index contributed by atoms with van der Waals surface area (Å²) in [6, 6.07) is 6.03. The maximum absolute atomic E-state index is 11.4. The monoisotopic (exact) mass is 205 g/mol. The first-order valence-corrected chi connectivity index (χ1v) is 5.10. The van der Waals surface area contributed by atoms with E-state index < -0.39 is 0 Å². The van der Waals surface area contributed by atoms with Crippen molar-refractivity contribution in [1.82, 2.24) is 9.55 Å². The minimum absolute atomic E-state index is 0.0685. The minimum Gasteiger partial charge on any atom is -0.330 e. The second-order valence-electron chi connectivity index (χ2n) is 3.73. The van der Waals surface area contributed by atoms with Gasteiger partial charge in [0, 0.05) is 7.05 Å². The number of fused-ring (bicyclic) bond motifs is 1. The van der Waals surface area contributed by atoms with Crippen LogP contribution in [-0.2, 0) is 13.5 Å². The second kappa shape index (κ2) is 3.90. The molecule has 2 aromatic rings. The van der Waals surface area contributed by atoms with Crippen molar-refractivity contribution >= 4 is 11.0 Å². The summed E-state index contributed by atoms with van der Waals surface area (Å²) in [6.07, 6.45) is 1.94. The number of hydrogen-bond donors (Lipinski definition) is 2. The maximum atomic E-state index is 11.4. The summed E-state index contributed by atoms with van der Waals surface area (Å²) in [5.41, 5.74) is 8.46. The van der Waals surface area contributed by atoms with Crippen molar-refractivity contribution in [3.05, 3.63) is 34.2 Å². The van der Waals surface area contributed by atoms with Gasteiger partial charge < -0.3 is 10.7 Å². The molecule has 4 heteroatoms. The average Bonchev–Trinajstić information content (AvgIpc) is 2.52. The van der Waals surface area contributed by atoms with E-state index in [9.17, 15) is 4.79 Å². The van der Waals surface area contributed by atoms with Crippen LogP contribution in [0.1, 0.15) is 12.0 Å². The number of imidazole rings is 1. The number of aromatic amines is 1. The fourth-order valence-corrected chi connectivity index (χ4v) is 1.73. The Hall–Kier alpha value is -1.55. The smallest absolute Gasteiger partial charge is 0.326 e. The maximum Gasteiger partial charge on any atom is 0.326 e. The predicted molar refractivity (Wildman–Crippen MR) is 60.9 cm³/mol. The van der Waals surface area contributed by atoms with Crippen molar-refractivity contribution in [3.8, 4) is 0 Å². The Labute approximate surface area is 87.7 Å². The number of aromatic nitrogens is 2. The molecule has 1 aromatic carbocycles. The van der Waals surface area contributed by atoms with E-state index >= 15 is 0 Å². The van der Waals surface area contributed by atoms with Gasteiger partial charge in [-0.05, 0) is 37.1 Å². The second-order valence-corrected chi connectivity index (χ2v) is 3.73. The van der Waals surface area contributed by atoms with Gasteiger partial charge in [-0.25, -0.2) is 4.79 Å². The number of nitrogens with one attached hydrogen (secondary N) is 1. The summed E-state index contributed by atoms with van der Waals surface area (Å²) < 4.78 is 1.63. The molecular formula is C11H15N3O. The van der Waals surface area contributed by atoms with Gasteiger partial charge in [0.15, 0.2) is 0 Å². The summed E-state index contributed by atoms with van der Waals surface area (Å²) in [6.45, 7) is 0.699. The normalized spacial score (nSPS) is 11.1. The summed E-state index contributed by atoms with van der Waals surface area (Å²) in [5.74, 6) is 0. The molecular weight excluding hydrogens is 190 g/mol. The standard InChI is InChI=1S/C11H15N3O/c1-14-10-7-8(3-2-6-12)4-5-9(10)13-11(14)15/h4-5,7H,2-3,6,12H2,1H3,(H,13,15). The van der Waals surface area contributed by atoms with Gasteiger partial charge in [0.25, 0.3) is 0 Å². The summed E-state index contributed by atoms with van der Waals surface area (Å²) >= 11 is 0. The van der Waals surface area contributed by atoms with Crippen LogP contribution in [0.25, 0.3) is 11.0 Å². The molecule has 0 aliphatic carbocycles. The fraction of sp³-hybridized carbons (Fsp3) is 0.364. The Morgan fingerprint density at radius 2 is 2.27 bits per heavy atom. The number of aryl methyl sites for hydroxylation is 2. The number of rotatable bonds is 3.